The summed E-state index contributed by atoms with van der Waals surface area (Å²) in [7, 11) is 3.41. The summed E-state index contributed by atoms with van der Waals surface area (Å²) in [5.74, 6) is -15.4. The second-order valence-corrected chi connectivity index (χ2v) is 11.4. The number of phenolic OH excluding ortho intramolecular Hbond substituents is 1. The summed E-state index contributed by atoms with van der Waals surface area (Å²) in [5.41, 5.74) is 3.58. The van der Waals surface area contributed by atoms with Crippen LogP contribution in [0, 0.1) is 41.1 Å². The molecule has 42 heavy (non-hydrogen) atoms. The maximum atomic E-state index is 13.9. The molecule has 2 saturated carbocycles. The second kappa shape index (κ2) is 10.3. The third-order valence-corrected chi connectivity index (χ3v) is 8.63. The zero-order valence-corrected chi connectivity index (χ0v) is 22.7. The number of hydrogen-bond donors (Lipinski definition) is 4. The summed E-state index contributed by atoms with van der Waals surface area (Å²) < 4.78 is 40.5. The fourth-order valence-corrected chi connectivity index (χ4v) is 6.65. The Bertz CT molecular complexity index is 1550. The van der Waals surface area contributed by atoms with Crippen molar-refractivity contribution < 1.29 is 47.4 Å². The van der Waals surface area contributed by atoms with Crippen molar-refractivity contribution in [3.63, 3.8) is 0 Å². The Kier molecular flexibility index (Phi) is 7.22. The van der Waals surface area contributed by atoms with Crippen molar-refractivity contribution in [2.24, 2.45) is 29.4 Å². The first kappa shape index (κ1) is 29.4. The fourth-order valence-electron chi connectivity index (χ4n) is 6.65. The van der Waals surface area contributed by atoms with E-state index in [1.807, 2.05) is 0 Å². The Hall–Kier alpha value is -4.10. The minimum atomic E-state index is -2.75. The average Bonchev–Trinajstić information content (AvgIpc) is 2.90. The molecule has 0 aromatic heterocycles. The van der Waals surface area contributed by atoms with Gasteiger partial charge in [0, 0.05) is 50.8 Å². The van der Waals surface area contributed by atoms with Crippen molar-refractivity contribution in [1.29, 1.82) is 0 Å². The van der Waals surface area contributed by atoms with Gasteiger partial charge in [0.2, 0.25) is 5.91 Å². The summed E-state index contributed by atoms with van der Waals surface area (Å²) >= 11 is 0. The van der Waals surface area contributed by atoms with Crippen LogP contribution in [0.1, 0.15) is 39.9 Å². The van der Waals surface area contributed by atoms with Crippen molar-refractivity contribution in [2.45, 2.75) is 38.0 Å². The molecular formula is C29H28F3N3O7. The number of Topliss-reactive ketones (excluding diaryl/α,β-unsaturated/α-hetero) is 4. The summed E-state index contributed by atoms with van der Waals surface area (Å²) in [6, 6.07) is 3.26. The van der Waals surface area contributed by atoms with Crippen LogP contribution in [0.15, 0.2) is 18.2 Å². The molecule has 0 aliphatic heterocycles. The molecule has 0 heterocycles. The minimum Gasteiger partial charge on any atom is -0.507 e. The van der Waals surface area contributed by atoms with E-state index in [-0.39, 0.29) is 42.6 Å². The zero-order valence-electron chi connectivity index (χ0n) is 22.7. The highest BCUT2D eigenvalue weighted by molar-refractivity contribution is 6.31. The molecule has 2 fully saturated rings. The third kappa shape index (κ3) is 4.38. The molecule has 0 saturated heterocycles. The number of hydrogen-bond acceptors (Lipinski definition) is 9. The monoisotopic (exact) mass is 587 g/mol. The molecule has 1 amide bonds. The number of carbonyl (C=O) groups is 5. The maximum absolute atomic E-state index is 13.9. The number of aliphatic hydroxyl groups is 1. The van der Waals surface area contributed by atoms with E-state index in [1.54, 1.807) is 25.1 Å². The number of amides is 1. The Morgan fingerprint density at radius 3 is 2.29 bits per heavy atom. The van der Waals surface area contributed by atoms with Gasteiger partial charge in [0.05, 0.1) is 11.5 Å². The number of fused-ring (bicyclic) bond motifs is 3. The van der Waals surface area contributed by atoms with Crippen LogP contribution in [-0.2, 0) is 38.7 Å². The summed E-state index contributed by atoms with van der Waals surface area (Å²) in [6.07, 6.45) is -0.332. The van der Waals surface area contributed by atoms with Gasteiger partial charge in [-0.25, -0.2) is 13.2 Å². The number of benzene rings is 2. The topological polar surface area (TPSA) is 167 Å². The molecule has 5 N–H and O–H groups in total. The number of halogens is 3. The number of nitrogens with zero attached hydrogens (tertiary/aromatic N) is 1. The number of aromatic hydroxyl groups is 1. The number of anilines is 1. The number of phenols is 1. The van der Waals surface area contributed by atoms with E-state index in [9.17, 15) is 47.4 Å². The van der Waals surface area contributed by atoms with E-state index in [0.717, 1.165) is 12.1 Å². The highest BCUT2D eigenvalue weighted by Crippen LogP contribution is 2.51. The molecule has 5 atom stereocenters. The van der Waals surface area contributed by atoms with Crippen LogP contribution in [0.25, 0.3) is 0 Å². The number of ketones is 4. The van der Waals surface area contributed by atoms with Crippen molar-refractivity contribution in [3.8, 4) is 5.75 Å². The van der Waals surface area contributed by atoms with Gasteiger partial charge in [-0.15, -0.1) is 0 Å². The van der Waals surface area contributed by atoms with E-state index in [2.05, 4.69) is 5.32 Å². The second-order valence-electron chi connectivity index (χ2n) is 11.4. The highest BCUT2D eigenvalue weighted by atomic mass is 19.2. The summed E-state index contributed by atoms with van der Waals surface area (Å²) in [5, 5.41) is 25.4. The highest BCUT2D eigenvalue weighted by Gasteiger charge is 2.66. The van der Waals surface area contributed by atoms with Gasteiger partial charge in [-0.1, -0.05) is 0 Å². The lowest BCUT2D eigenvalue weighted by Crippen LogP contribution is -2.68. The molecule has 3 aliphatic rings. The maximum Gasteiger partial charge on any atom is 0.235 e. The largest absolute Gasteiger partial charge is 0.507 e. The molecular weight excluding hydrogens is 559 g/mol. The van der Waals surface area contributed by atoms with Crippen LogP contribution >= 0.6 is 0 Å². The van der Waals surface area contributed by atoms with Gasteiger partial charge < -0.3 is 26.2 Å². The molecule has 0 radical (unpaired) electrons. The fraction of sp³-hybridized carbons (Fsp3) is 0.414. The summed E-state index contributed by atoms with van der Waals surface area (Å²) in [4.78, 5) is 66.7. The summed E-state index contributed by atoms with van der Waals surface area (Å²) in [6.45, 7) is -0.210. The lowest BCUT2D eigenvalue weighted by molar-refractivity contribution is -0.175. The molecule has 3 aliphatic carbocycles. The number of rotatable bonds is 6. The zero-order chi connectivity index (χ0) is 30.8. The van der Waals surface area contributed by atoms with Gasteiger partial charge in [0.25, 0.3) is 0 Å². The average molecular weight is 588 g/mol. The van der Waals surface area contributed by atoms with Crippen molar-refractivity contribution >= 4 is 34.7 Å². The van der Waals surface area contributed by atoms with Crippen LogP contribution in [0.5, 0.6) is 5.75 Å². The number of nitrogens with two attached hydrogens (primary N) is 1. The molecule has 2 aromatic carbocycles. The van der Waals surface area contributed by atoms with Crippen molar-refractivity contribution in [3.05, 3.63) is 57.9 Å². The standard InChI is InChI=1S/C29H28F3N3O7/c1-35(2)18-7-13(10-34-9-11-3-16(30)23(32)17(31)4-11)24(37)21-15(18)6-12-5-14-8-19(36)22(28(33)41)27(40)29(14,42)26(39)20(12)25(21)38/h3-4,7,12,14,20,22,34,37,42H,5-6,8-10H2,1-2H3,(H2,33,41)/t12-,14+,20?,22?,29+/m1/s1. The van der Waals surface area contributed by atoms with Gasteiger partial charge >= 0.3 is 0 Å². The van der Waals surface area contributed by atoms with Crippen LogP contribution in [0.2, 0.25) is 0 Å². The molecule has 0 spiro atoms. The minimum absolute atomic E-state index is 0.0250. The van der Waals surface area contributed by atoms with Crippen LogP contribution < -0.4 is 16.0 Å². The molecule has 2 aromatic rings. The van der Waals surface area contributed by atoms with Crippen molar-refractivity contribution in [2.75, 3.05) is 19.0 Å². The van der Waals surface area contributed by atoms with Crippen LogP contribution in [0.4, 0.5) is 18.9 Å². The Morgan fingerprint density at radius 2 is 1.69 bits per heavy atom. The Morgan fingerprint density at radius 1 is 1.05 bits per heavy atom. The predicted octanol–water partition coefficient (Wildman–Crippen LogP) is 1.10. The lowest BCUT2D eigenvalue weighted by atomic mass is 9.53. The smallest absolute Gasteiger partial charge is 0.235 e. The SMILES string of the molecule is CN(C)c1cc(CNCc2cc(F)c(F)c(F)c2)c(O)c2c1C[C@H]1C[C@H]3CC(=O)C(C(N)=O)C(=O)[C@@]3(O)C(=O)C1C2=O. The first-order valence-corrected chi connectivity index (χ1v) is 13.2. The molecule has 10 nitrogen and oxygen atoms in total. The predicted molar refractivity (Wildman–Crippen MR) is 140 cm³/mol. The first-order valence-electron chi connectivity index (χ1n) is 13.2. The molecule has 0 bridgehead atoms. The van der Waals surface area contributed by atoms with Crippen LogP contribution in [-0.4, -0.2) is 58.9 Å². The quantitative estimate of drug-likeness (QED) is 0.286. The van der Waals surface area contributed by atoms with Crippen molar-refractivity contribution in [1.82, 2.24) is 5.32 Å². The normalized spacial score (nSPS) is 26.9. The first-order chi connectivity index (χ1) is 19.7. The third-order valence-electron chi connectivity index (χ3n) is 8.63. The van der Waals surface area contributed by atoms with Gasteiger partial charge in [-0.3, -0.25) is 24.0 Å². The Balaban J connectivity index is 1.49. The van der Waals surface area contributed by atoms with E-state index in [0.29, 0.717) is 11.3 Å². The van der Waals surface area contributed by atoms with Gasteiger partial charge in [0.15, 0.2) is 52.1 Å². The molecule has 5 rings (SSSR count). The van der Waals surface area contributed by atoms with E-state index >= 15 is 0 Å². The van der Waals surface area contributed by atoms with Crippen LogP contribution in [0.3, 0.4) is 0 Å². The van der Waals surface area contributed by atoms with E-state index in [4.69, 9.17) is 5.73 Å². The molecule has 222 valence electrons. The van der Waals surface area contributed by atoms with E-state index in [1.165, 1.54) is 0 Å². The number of nitrogens with one attached hydrogen (secondary N) is 1. The number of primary amides is 1. The number of carbonyl (C=O) groups excluding carboxylic acids is 5. The van der Waals surface area contributed by atoms with E-state index < -0.39 is 87.9 Å². The van der Waals surface area contributed by atoms with Gasteiger partial charge in [-0.05, 0) is 48.1 Å². The van der Waals surface area contributed by atoms with Gasteiger partial charge in [0.1, 0.15) is 5.75 Å². The van der Waals surface area contributed by atoms with Gasteiger partial charge in [-0.2, -0.15) is 0 Å². The Labute approximate surface area is 237 Å². The molecule has 2 unspecified atom stereocenters. The lowest BCUT2D eigenvalue weighted by Gasteiger charge is -2.48. The molecule has 13 heteroatoms.